The molecule has 62 heavy (non-hydrogen) atoms. The molecular weight excluding hydrogens is 797 g/mol. The summed E-state index contributed by atoms with van der Waals surface area (Å²) in [5.74, 6) is -1.35. The fraction of sp³-hybridized carbons (Fsp3) is 0.917. The summed E-state index contributed by atoms with van der Waals surface area (Å²) in [6.07, 6.45) is 0.0430. The number of carbonyl (C=O) groups is 2. The van der Waals surface area contributed by atoms with Crippen LogP contribution < -0.4 is 5.32 Å². The molecule has 2 fully saturated rings. The molecule has 2 aliphatic rings. The Bertz CT molecular complexity index is 1130. The maximum Gasteiger partial charge on any atom is 0.311 e. The second-order valence-electron chi connectivity index (χ2n) is 16.7. The number of esters is 2. The third-order valence-electron chi connectivity index (χ3n) is 11.3. The summed E-state index contributed by atoms with van der Waals surface area (Å²) in [7, 11) is 2.60. The number of aliphatic hydroxyl groups is 4. The number of carbonyl (C=O) groups excluding carboxylic acids is 2. The number of nitrogens with one attached hydrogen (secondary N) is 1. The Labute approximate surface area is 379 Å². The monoisotopic (exact) mass is 895 g/mol. The highest BCUT2D eigenvalue weighted by molar-refractivity contribution is 5.73. The first-order valence-corrected chi connectivity index (χ1v) is 23.7. The number of rotatable bonds is 15. The van der Waals surface area contributed by atoms with Gasteiger partial charge in [0.25, 0.3) is 0 Å². The predicted molar refractivity (Wildman–Crippen MR) is 250 cm³/mol. The normalized spacial score (nSPS) is 32.1. The Balaban J connectivity index is -0.00000201. The first kappa shape index (κ1) is 64.6. The summed E-state index contributed by atoms with van der Waals surface area (Å²) in [5.41, 5.74) is -0.621. The summed E-state index contributed by atoms with van der Waals surface area (Å²) in [6, 6.07) is -0.467. The largest absolute Gasteiger partial charge is 0.466 e. The van der Waals surface area contributed by atoms with E-state index in [4.69, 9.17) is 38.6 Å². The summed E-state index contributed by atoms with van der Waals surface area (Å²) >= 11 is 0. The van der Waals surface area contributed by atoms with Crippen molar-refractivity contribution in [1.82, 2.24) is 10.2 Å². The highest BCUT2D eigenvalue weighted by Crippen LogP contribution is 2.35. The van der Waals surface area contributed by atoms with Gasteiger partial charge in [0, 0.05) is 65.4 Å². The van der Waals surface area contributed by atoms with E-state index in [2.05, 4.69) is 44.5 Å². The van der Waals surface area contributed by atoms with E-state index in [1.54, 1.807) is 34.8 Å². The molecule has 0 amide bonds. The molecule has 14 heteroatoms. The van der Waals surface area contributed by atoms with Crippen LogP contribution in [0.4, 0.5) is 0 Å². The minimum Gasteiger partial charge on any atom is -0.466 e. The van der Waals surface area contributed by atoms with Gasteiger partial charge in [0.1, 0.15) is 17.8 Å². The molecule has 2 heterocycles. The predicted octanol–water partition coefficient (Wildman–Crippen LogP) is 6.93. The van der Waals surface area contributed by atoms with Gasteiger partial charge in [-0.2, -0.15) is 0 Å². The molecule has 0 aromatic carbocycles. The van der Waals surface area contributed by atoms with Crippen LogP contribution in [0.1, 0.15) is 149 Å². The Hall–Kier alpha value is -1.72. The molecule has 372 valence electrons. The van der Waals surface area contributed by atoms with Crippen molar-refractivity contribution in [2.75, 3.05) is 53.6 Å². The first-order chi connectivity index (χ1) is 29.2. The average molecular weight is 895 g/mol. The topological polar surface area (TPSA) is 186 Å². The van der Waals surface area contributed by atoms with E-state index in [9.17, 15) is 19.8 Å². The zero-order valence-corrected chi connectivity index (χ0v) is 42.7. The van der Waals surface area contributed by atoms with Crippen molar-refractivity contribution < 1.29 is 58.4 Å². The van der Waals surface area contributed by atoms with Gasteiger partial charge in [0.15, 0.2) is 6.29 Å². The van der Waals surface area contributed by atoms with Crippen LogP contribution in [0, 0.1) is 23.7 Å². The summed E-state index contributed by atoms with van der Waals surface area (Å²) in [4.78, 5) is 27.6. The van der Waals surface area contributed by atoms with Crippen LogP contribution in [0.25, 0.3) is 0 Å². The van der Waals surface area contributed by atoms with Gasteiger partial charge < -0.3 is 54.2 Å². The maximum absolute atomic E-state index is 13.7. The standard InChI is InChI=1S/C36H66N2O9.C7H16O2.2C2H6.CH4O/c1-12-29-36(10,42)34(40)28(9)38(17-16-37-15-14-30(39)44-13-2)21-23(4)18-24(5)32(47-31-20-22(3)19-25(6)45-31)26(7)33(43-11)27(8)35(41)46-29;1-4-5-9-7(3)6(2)8;3*1-2/h23-29,31-34,37,40,42H,3,12-21H2,1-2,4-11H3;6-8H,4-5H2,1-3H3;2*1-2H3;2H,1H3/t23-,24+,25?,26-,27?,28?,29-,31?,32+,33+,34?,36-;6-,7?;;;/m11.../s1. The summed E-state index contributed by atoms with van der Waals surface area (Å²) in [6.45, 7) is 38.5. The van der Waals surface area contributed by atoms with E-state index in [0.717, 1.165) is 38.6 Å². The highest BCUT2D eigenvalue weighted by atomic mass is 16.7. The molecule has 14 atom stereocenters. The fourth-order valence-corrected chi connectivity index (χ4v) is 7.97. The average Bonchev–Trinajstić information content (AvgIpc) is 3.24. The molecule has 0 aromatic heterocycles. The van der Waals surface area contributed by atoms with Crippen molar-refractivity contribution >= 4 is 11.9 Å². The van der Waals surface area contributed by atoms with Crippen LogP contribution in [-0.4, -0.2) is 152 Å². The van der Waals surface area contributed by atoms with Crippen LogP contribution in [0.3, 0.4) is 0 Å². The lowest BCUT2D eigenvalue weighted by Crippen LogP contribution is -2.60. The lowest BCUT2D eigenvalue weighted by molar-refractivity contribution is -0.229. The van der Waals surface area contributed by atoms with Crippen molar-refractivity contribution in [2.45, 2.75) is 210 Å². The van der Waals surface area contributed by atoms with Gasteiger partial charge in [-0.1, -0.05) is 74.5 Å². The van der Waals surface area contributed by atoms with Gasteiger partial charge in [-0.05, 0) is 86.0 Å². The number of nitrogens with zero attached hydrogens (tertiary/aromatic N) is 1. The van der Waals surface area contributed by atoms with E-state index in [1.165, 1.54) is 0 Å². The number of cyclic esters (lactones) is 1. The number of methoxy groups -OCH3 is 1. The zero-order valence-electron chi connectivity index (χ0n) is 42.7. The molecule has 0 saturated carbocycles. The second kappa shape index (κ2) is 36.5. The van der Waals surface area contributed by atoms with Crippen molar-refractivity contribution in [1.29, 1.82) is 0 Å². The maximum atomic E-state index is 13.7. The molecule has 0 radical (unpaired) electrons. The van der Waals surface area contributed by atoms with E-state index in [-0.39, 0.29) is 54.6 Å². The van der Waals surface area contributed by atoms with Gasteiger partial charge in [0.05, 0.1) is 49.5 Å². The Kier molecular flexibility index (Phi) is 38.0. The number of aliphatic hydroxyl groups excluding tert-OH is 3. The molecule has 14 nitrogen and oxygen atoms in total. The van der Waals surface area contributed by atoms with Gasteiger partial charge >= 0.3 is 11.9 Å². The third kappa shape index (κ3) is 24.0. The number of hydrogen-bond donors (Lipinski definition) is 5. The van der Waals surface area contributed by atoms with Crippen molar-refractivity contribution in [2.24, 2.45) is 23.7 Å². The smallest absolute Gasteiger partial charge is 0.311 e. The summed E-state index contributed by atoms with van der Waals surface area (Å²) in [5, 5.41) is 42.6. The first-order valence-electron chi connectivity index (χ1n) is 23.7. The third-order valence-corrected chi connectivity index (χ3v) is 11.3. The molecule has 0 spiro atoms. The van der Waals surface area contributed by atoms with Crippen LogP contribution in [-0.2, 0) is 38.0 Å². The number of hydrogen-bond acceptors (Lipinski definition) is 14. The molecule has 0 aliphatic carbocycles. The van der Waals surface area contributed by atoms with Gasteiger partial charge in [-0.3, -0.25) is 14.5 Å². The lowest BCUT2D eigenvalue weighted by Gasteiger charge is -2.43. The SMILES string of the molecule is C=C1CC(C)OC(O[C@@H]2[C@@H](C)[C@H](OC)C(C)C(=O)O[C@H](CC)[C@@](C)(O)C(O)C(C)N(CCNCCC(=O)OCC)C[C@H](C)C[C@@H]2C)C1.CC.CC.CCCOC(C)[C@@H](C)O.CO. The molecule has 2 rings (SSSR count). The lowest BCUT2D eigenvalue weighted by atomic mass is 9.80. The molecule has 0 aromatic rings. The Morgan fingerprint density at radius 1 is 1.00 bits per heavy atom. The minimum absolute atomic E-state index is 0.00584. The fourth-order valence-electron chi connectivity index (χ4n) is 7.97. The molecule has 0 bridgehead atoms. The van der Waals surface area contributed by atoms with Gasteiger partial charge in [-0.25, -0.2) is 0 Å². The molecule has 2 aliphatic heterocycles. The van der Waals surface area contributed by atoms with E-state index in [0.29, 0.717) is 45.6 Å². The van der Waals surface area contributed by atoms with Crippen LogP contribution >= 0.6 is 0 Å². The number of ether oxygens (including phenoxy) is 6. The van der Waals surface area contributed by atoms with E-state index in [1.807, 2.05) is 55.4 Å². The van der Waals surface area contributed by atoms with Crippen LogP contribution in [0.15, 0.2) is 12.2 Å². The zero-order chi connectivity index (χ0) is 48.7. The van der Waals surface area contributed by atoms with Crippen LogP contribution in [0.5, 0.6) is 0 Å². The quantitative estimate of drug-likeness (QED) is 0.0648. The minimum atomic E-state index is -1.72. The van der Waals surface area contributed by atoms with Gasteiger partial charge in [0.2, 0.25) is 0 Å². The molecule has 2 saturated heterocycles. The molecular formula is C48H98N2O12. The second-order valence-corrected chi connectivity index (χ2v) is 16.7. The van der Waals surface area contributed by atoms with E-state index < -0.39 is 48.1 Å². The van der Waals surface area contributed by atoms with E-state index >= 15 is 0 Å². The van der Waals surface area contributed by atoms with Crippen molar-refractivity contribution in [3.63, 3.8) is 0 Å². The van der Waals surface area contributed by atoms with Crippen molar-refractivity contribution in [3.8, 4) is 0 Å². The Morgan fingerprint density at radius 2 is 1.60 bits per heavy atom. The highest BCUT2D eigenvalue weighted by Gasteiger charge is 2.47. The van der Waals surface area contributed by atoms with Crippen molar-refractivity contribution in [3.05, 3.63) is 12.2 Å². The molecule has 5 N–H and O–H groups in total. The Morgan fingerprint density at radius 3 is 2.10 bits per heavy atom. The summed E-state index contributed by atoms with van der Waals surface area (Å²) < 4.78 is 35.1. The van der Waals surface area contributed by atoms with Crippen LogP contribution in [0.2, 0.25) is 0 Å². The van der Waals surface area contributed by atoms with Gasteiger partial charge in [-0.15, -0.1) is 0 Å². The molecule has 6 unspecified atom stereocenters.